The highest BCUT2D eigenvalue weighted by molar-refractivity contribution is 5.81. The van der Waals surface area contributed by atoms with Crippen molar-refractivity contribution in [3.05, 3.63) is 0 Å². The minimum Gasteiger partial charge on any atom is -0.355 e. The first-order valence-corrected chi connectivity index (χ1v) is 5.19. The molecule has 0 saturated heterocycles. The van der Waals surface area contributed by atoms with Gasteiger partial charge in [0.2, 0.25) is 5.91 Å². The highest BCUT2D eigenvalue weighted by atomic mass is 16.2. The van der Waals surface area contributed by atoms with Gasteiger partial charge < -0.3 is 11.1 Å². The Morgan fingerprint density at radius 3 is 2.86 bits per heavy atom. The van der Waals surface area contributed by atoms with Crippen LogP contribution in [0.4, 0.5) is 0 Å². The summed E-state index contributed by atoms with van der Waals surface area (Å²) < 4.78 is 0. The summed E-state index contributed by atoms with van der Waals surface area (Å²) in [6.07, 6.45) is 9.44. The lowest BCUT2D eigenvalue weighted by atomic mass is 10.1. The smallest absolute Gasteiger partial charge is 0.236 e. The van der Waals surface area contributed by atoms with E-state index in [1.807, 2.05) is 6.92 Å². The molecule has 0 aliphatic carbocycles. The summed E-state index contributed by atoms with van der Waals surface area (Å²) in [5, 5.41) is 2.79. The Hall–Kier alpha value is -1.01. The molecule has 3 nitrogen and oxygen atoms in total. The number of nitrogens with one attached hydrogen (secondary N) is 1. The lowest BCUT2D eigenvalue weighted by Gasteiger charge is -2.10. The van der Waals surface area contributed by atoms with Crippen LogP contribution in [0, 0.1) is 12.3 Å². The van der Waals surface area contributed by atoms with Crippen LogP contribution in [-0.2, 0) is 4.79 Å². The Morgan fingerprint density at radius 1 is 1.57 bits per heavy atom. The first-order chi connectivity index (χ1) is 6.72. The molecule has 0 aromatic carbocycles. The highest BCUT2D eigenvalue weighted by Crippen LogP contribution is 1.94. The van der Waals surface area contributed by atoms with Gasteiger partial charge >= 0.3 is 0 Å². The first-order valence-electron chi connectivity index (χ1n) is 5.19. The number of carbonyl (C=O) groups is 1. The van der Waals surface area contributed by atoms with E-state index in [1.165, 1.54) is 0 Å². The van der Waals surface area contributed by atoms with E-state index in [-0.39, 0.29) is 11.9 Å². The van der Waals surface area contributed by atoms with Gasteiger partial charge in [-0.2, -0.15) is 0 Å². The minimum absolute atomic E-state index is 0.0486. The van der Waals surface area contributed by atoms with Crippen molar-refractivity contribution in [3.63, 3.8) is 0 Å². The number of nitrogens with two attached hydrogens (primary N) is 1. The van der Waals surface area contributed by atoms with Gasteiger partial charge in [-0.05, 0) is 19.3 Å². The third-order valence-electron chi connectivity index (χ3n) is 1.98. The van der Waals surface area contributed by atoms with Crippen molar-refractivity contribution in [1.29, 1.82) is 0 Å². The van der Waals surface area contributed by atoms with Gasteiger partial charge in [-0.1, -0.05) is 13.3 Å². The second-order valence-electron chi connectivity index (χ2n) is 3.35. The van der Waals surface area contributed by atoms with Crippen LogP contribution in [0.5, 0.6) is 0 Å². The molecule has 0 aromatic heterocycles. The third kappa shape index (κ3) is 6.50. The fourth-order valence-electron chi connectivity index (χ4n) is 1.14. The van der Waals surface area contributed by atoms with Gasteiger partial charge in [-0.3, -0.25) is 4.79 Å². The van der Waals surface area contributed by atoms with E-state index in [4.69, 9.17) is 12.2 Å². The Kier molecular flexibility index (Phi) is 7.96. The van der Waals surface area contributed by atoms with Crippen LogP contribution in [0.15, 0.2) is 0 Å². The van der Waals surface area contributed by atoms with Gasteiger partial charge in [0.25, 0.3) is 0 Å². The lowest BCUT2D eigenvalue weighted by molar-refractivity contribution is -0.122. The van der Waals surface area contributed by atoms with Crippen LogP contribution in [0.25, 0.3) is 0 Å². The third-order valence-corrected chi connectivity index (χ3v) is 1.98. The van der Waals surface area contributed by atoms with E-state index in [9.17, 15) is 4.79 Å². The van der Waals surface area contributed by atoms with Crippen LogP contribution in [0.2, 0.25) is 0 Å². The monoisotopic (exact) mass is 196 g/mol. The molecule has 0 heterocycles. The van der Waals surface area contributed by atoms with Crippen LogP contribution in [0.3, 0.4) is 0 Å². The van der Waals surface area contributed by atoms with E-state index in [2.05, 4.69) is 11.2 Å². The predicted octanol–water partition coefficient (Wildman–Crippen LogP) is 1.03. The molecule has 3 heteroatoms. The SMILES string of the molecule is C#CCCCCNC(=O)[C@@H](N)CCC. The molecule has 0 saturated carbocycles. The van der Waals surface area contributed by atoms with Crippen molar-refractivity contribution in [1.82, 2.24) is 5.32 Å². The molecule has 0 aromatic rings. The van der Waals surface area contributed by atoms with Gasteiger partial charge in [0, 0.05) is 13.0 Å². The molecule has 14 heavy (non-hydrogen) atoms. The van der Waals surface area contributed by atoms with E-state index in [1.54, 1.807) is 0 Å². The molecule has 0 unspecified atom stereocenters. The summed E-state index contributed by atoms with van der Waals surface area (Å²) in [5.41, 5.74) is 5.62. The summed E-state index contributed by atoms with van der Waals surface area (Å²) in [5.74, 6) is 2.51. The topological polar surface area (TPSA) is 55.1 Å². The number of hydrogen-bond acceptors (Lipinski definition) is 2. The van der Waals surface area contributed by atoms with Crippen molar-refractivity contribution in [2.24, 2.45) is 5.73 Å². The summed E-state index contributed by atoms with van der Waals surface area (Å²) >= 11 is 0. The summed E-state index contributed by atoms with van der Waals surface area (Å²) in [7, 11) is 0. The van der Waals surface area contributed by atoms with Gasteiger partial charge in [-0.25, -0.2) is 0 Å². The van der Waals surface area contributed by atoms with Gasteiger partial charge in [-0.15, -0.1) is 12.3 Å². The molecule has 0 spiro atoms. The first kappa shape index (κ1) is 13.0. The molecular weight excluding hydrogens is 176 g/mol. The molecule has 0 radical (unpaired) electrons. The fraction of sp³-hybridized carbons (Fsp3) is 0.727. The van der Waals surface area contributed by atoms with Crippen molar-refractivity contribution in [2.75, 3.05) is 6.54 Å². The highest BCUT2D eigenvalue weighted by Gasteiger charge is 2.10. The summed E-state index contributed by atoms with van der Waals surface area (Å²) in [4.78, 5) is 11.3. The molecule has 3 N–H and O–H groups in total. The van der Waals surface area contributed by atoms with Crippen LogP contribution in [-0.4, -0.2) is 18.5 Å². The van der Waals surface area contributed by atoms with Crippen molar-refractivity contribution in [2.45, 2.75) is 45.1 Å². The number of terminal acetylenes is 1. The molecule has 0 rings (SSSR count). The largest absolute Gasteiger partial charge is 0.355 e. The van der Waals surface area contributed by atoms with Crippen LogP contribution < -0.4 is 11.1 Å². The predicted molar refractivity (Wildman–Crippen MR) is 58.6 cm³/mol. The molecule has 1 atom stereocenters. The zero-order valence-electron chi connectivity index (χ0n) is 8.88. The maximum Gasteiger partial charge on any atom is 0.236 e. The Balaban J connectivity index is 3.40. The molecule has 1 amide bonds. The standard InChI is InChI=1S/C11H20N2O/c1-3-5-6-7-9-13-11(14)10(12)8-4-2/h1,10H,4-9,12H2,2H3,(H,13,14)/t10-/m0/s1. The number of rotatable bonds is 7. The van der Waals surface area contributed by atoms with Crippen LogP contribution >= 0.6 is 0 Å². The Bertz CT molecular complexity index is 196. The quantitative estimate of drug-likeness (QED) is 0.472. The maximum atomic E-state index is 11.3. The fourth-order valence-corrected chi connectivity index (χ4v) is 1.14. The summed E-state index contributed by atoms with van der Waals surface area (Å²) in [6, 6.07) is -0.354. The van der Waals surface area contributed by atoms with E-state index >= 15 is 0 Å². The molecule has 0 bridgehead atoms. The second-order valence-corrected chi connectivity index (χ2v) is 3.35. The number of hydrogen-bond donors (Lipinski definition) is 2. The van der Waals surface area contributed by atoms with E-state index in [0.717, 1.165) is 32.1 Å². The van der Waals surface area contributed by atoms with Gasteiger partial charge in [0.05, 0.1) is 6.04 Å². The number of unbranched alkanes of at least 4 members (excludes halogenated alkanes) is 2. The average molecular weight is 196 g/mol. The number of amides is 1. The average Bonchev–Trinajstić information content (AvgIpc) is 2.17. The van der Waals surface area contributed by atoms with E-state index in [0.29, 0.717) is 6.54 Å². The lowest BCUT2D eigenvalue weighted by Crippen LogP contribution is -2.40. The van der Waals surface area contributed by atoms with Gasteiger partial charge in [0.15, 0.2) is 0 Å². The Morgan fingerprint density at radius 2 is 2.29 bits per heavy atom. The molecule has 0 aliphatic heterocycles. The van der Waals surface area contributed by atoms with Crippen molar-refractivity contribution < 1.29 is 4.79 Å². The van der Waals surface area contributed by atoms with Crippen molar-refractivity contribution in [3.8, 4) is 12.3 Å². The van der Waals surface area contributed by atoms with E-state index < -0.39 is 0 Å². The normalized spacial score (nSPS) is 11.8. The maximum absolute atomic E-state index is 11.3. The molecule has 0 fully saturated rings. The second kappa shape index (κ2) is 8.58. The number of carbonyl (C=O) groups excluding carboxylic acids is 1. The minimum atomic E-state index is -0.354. The summed E-state index contributed by atoms with van der Waals surface area (Å²) in [6.45, 7) is 2.69. The molecular formula is C11H20N2O. The van der Waals surface area contributed by atoms with Gasteiger partial charge in [0.1, 0.15) is 0 Å². The van der Waals surface area contributed by atoms with Crippen molar-refractivity contribution >= 4 is 5.91 Å². The molecule has 80 valence electrons. The molecule has 0 aliphatic rings. The Labute approximate surface area is 86.4 Å². The zero-order chi connectivity index (χ0) is 10.8. The van der Waals surface area contributed by atoms with Crippen LogP contribution in [0.1, 0.15) is 39.0 Å². The zero-order valence-corrected chi connectivity index (χ0v) is 8.88.